The van der Waals surface area contributed by atoms with Crippen LogP contribution in [-0.2, 0) is 0 Å². The number of amides is 1. The molecule has 2 N–H and O–H groups in total. The number of carbonyl (C=O) groups is 1. The molecule has 4 rings (SSSR count). The quantitative estimate of drug-likeness (QED) is 0.541. The van der Waals surface area contributed by atoms with Gasteiger partial charge in [-0.1, -0.05) is 41.4 Å². The molecule has 1 aromatic heterocycles. The van der Waals surface area contributed by atoms with Crippen molar-refractivity contribution in [3.05, 3.63) is 58.2 Å². The van der Waals surface area contributed by atoms with E-state index in [1.54, 1.807) is 19.2 Å². The summed E-state index contributed by atoms with van der Waals surface area (Å²) in [6, 6.07) is 12.8. The molecule has 0 saturated carbocycles. The minimum atomic E-state index is -0.651. The number of aromatic amines is 1. The highest BCUT2D eigenvalue weighted by atomic mass is 35.5. The number of hydrogen-bond donors (Lipinski definition) is 2. The number of fused-ring (bicyclic) bond motifs is 1. The molecule has 1 aliphatic heterocycles. The van der Waals surface area contributed by atoms with Gasteiger partial charge in [-0.05, 0) is 31.0 Å². The summed E-state index contributed by atoms with van der Waals surface area (Å²) in [6.07, 6.45) is 1.14. The minimum Gasteiger partial charge on any atom is -0.490 e. The number of aliphatic hydroxyl groups is 1. The third-order valence-corrected chi connectivity index (χ3v) is 6.44. The van der Waals surface area contributed by atoms with Crippen molar-refractivity contribution < 1.29 is 14.6 Å². The molecule has 32 heavy (non-hydrogen) atoms. The summed E-state index contributed by atoms with van der Waals surface area (Å²) in [5.41, 5.74) is 1.19. The summed E-state index contributed by atoms with van der Waals surface area (Å²) in [6.45, 7) is 2.35. The number of carbonyl (C=O) groups excluding carboxylic acids is 1. The largest absolute Gasteiger partial charge is 0.490 e. The zero-order valence-corrected chi connectivity index (χ0v) is 19.3. The molecule has 1 amide bonds. The lowest BCUT2D eigenvalue weighted by Gasteiger charge is -2.34. The van der Waals surface area contributed by atoms with Gasteiger partial charge < -0.3 is 19.6 Å². The Morgan fingerprint density at radius 3 is 2.75 bits per heavy atom. The van der Waals surface area contributed by atoms with E-state index < -0.39 is 6.10 Å². The molecule has 0 spiro atoms. The zero-order chi connectivity index (χ0) is 22.7. The van der Waals surface area contributed by atoms with Crippen LogP contribution in [0.15, 0.2) is 42.5 Å². The first kappa shape index (κ1) is 22.9. The number of likely N-dealkylation sites (tertiary alicyclic amines) is 1. The van der Waals surface area contributed by atoms with Crippen LogP contribution in [0, 0.1) is 0 Å². The molecule has 3 aromatic rings. The summed E-state index contributed by atoms with van der Waals surface area (Å²) in [4.78, 5) is 16.5. The average Bonchev–Trinajstić information content (AvgIpc) is 3.21. The van der Waals surface area contributed by atoms with E-state index >= 15 is 0 Å². The Morgan fingerprint density at radius 1 is 1.25 bits per heavy atom. The highest BCUT2D eigenvalue weighted by molar-refractivity contribution is 6.42. The third-order valence-electron chi connectivity index (χ3n) is 5.70. The highest BCUT2D eigenvalue weighted by Gasteiger charge is 2.25. The van der Waals surface area contributed by atoms with Crippen molar-refractivity contribution in [3.63, 3.8) is 0 Å². The molecule has 2 heterocycles. The fourth-order valence-electron chi connectivity index (χ4n) is 4.01. The molecule has 170 valence electrons. The lowest BCUT2D eigenvalue weighted by atomic mass is 10.1. The fraction of sp³-hybridized carbons (Fsp3) is 0.391. The van der Waals surface area contributed by atoms with Crippen LogP contribution in [0.1, 0.15) is 23.3 Å². The number of nitrogens with one attached hydrogen (secondary N) is 1. The molecular weight excluding hydrogens is 451 g/mol. The Morgan fingerprint density at radius 2 is 2.00 bits per heavy atom. The van der Waals surface area contributed by atoms with Gasteiger partial charge in [0.2, 0.25) is 0 Å². The number of benzene rings is 2. The number of rotatable bonds is 7. The number of halogens is 2. The lowest BCUT2D eigenvalue weighted by Crippen LogP contribution is -2.45. The number of hydrogen-bond acceptors (Lipinski definition) is 5. The molecule has 0 bridgehead atoms. The first-order valence-electron chi connectivity index (χ1n) is 10.6. The van der Waals surface area contributed by atoms with Crippen LogP contribution in [0.4, 0.5) is 0 Å². The Hall–Kier alpha value is -2.32. The van der Waals surface area contributed by atoms with E-state index in [1.807, 2.05) is 30.3 Å². The molecule has 1 saturated heterocycles. The van der Waals surface area contributed by atoms with Gasteiger partial charge in [0.05, 0.1) is 21.7 Å². The van der Waals surface area contributed by atoms with Crippen molar-refractivity contribution in [3.8, 4) is 5.75 Å². The Balaban J connectivity index is 1.24. The maximum Gasteiger partial charge on any atom is 0.274 e. The van der Waals surface area contributed by atoms with Crippen molar-refractivity contribution in [1.29, 1.82) is 0 Å². The SMILES string of the molecule is CN(C[C@H](O)CN1CCC(Oc2ccc(Cl)c(Cl)c2)CC1)C(=O)c1n[nH]c2ccccc12. The van der Waals surface area contributed by atoms with Gasteiger partial charge in [0.1, 0.15) is 11.9 Å². The van der Waals surface area contributed by atoms with Gasteiger partial charge in [-0.15, -0.1) is 0 Å². The summed E-state index contributed by atoms with van der Waals surface area (Å²) in [5, 5.41) is 19.4. The van der Waals surface area contributed by atoms with Crippen LogP contribution in [0.25, 0.3) is 10.9 Å². The van der Waals surface area contributed by atoms with Crippen LogP contribution in [0.2, 0.25) is 10.0 Å². The van der Waals surface area contributed by atoms with Crippen LogP contribution in [0.3, 0.4) is 0 Å². The zero-order valence-electron chi connectivity index (χ0n) is 17.8. The van der Waals surface area contributed by atoms with Crippen molar-refractivity contribution in [2.45, 2.75) is 25.0 Å². The molecule has 1 atom stereocenters. The monoisotopic (exact) mass is 476 g/mol. The maximum atomic E-state index is 12.8. The predicted octanol–water partition coefficient (Wildman–Crippen LogP) is 3.85. The second-order valence-electron chi connectivity index (χ2n) is 8.15. The minimum absolute atomic E-state index is 0.0952. The van der Waals surface area contributed by atoms with Gasteiger partial charge in [0.15, 0.2) is 5.69 Å². The summed E-state index contributed by atoms with van der Waals surface area (Å²) < 4.78 is 6.02. The number of piperidine rings is 1. The molecular formula is C23H26Cl2N4O3. The molecule has 1 aliphatic rings. The van der Waals surface area contributed by atoms with Crippen molar-refractivity contribution >= 4 is 40.0 Å². The van der Waals surface area contributed by atoms with E-state index in [4.69, 9.17) is 27.9 Å². The van der Waals surface area contributed by atoms with Crippen LogP contribution < -0.4 is 4.74 Å². The number of H-pyrrole nitrogens is 1. The van der Waals surface area contributed by atoms with Gasteiger partial charge in [0.25, 0.3) is 5.91 Å². The smallest absolute Gasteiger partial charge is 0.274 e. The topological polar surface area (TPSA) is 81.7 Å². The second-order valence-corrected chi connectivity index (χ2v) is 8.97. The lowest BCUT2D eigenvalue weighted by molar-refractivity contribution is 0.0428. The molecule has 7 nitrogen and oxygen atoms in total. The normalized spacial score (nSPS) is 16.2. The first-order chi connectivity index (χ1) is 15.4. The third kappa shape index (κ3) is 5.35. The predicted molar refractivity (Wildman–Crippen MR) is 126 cm³/mol. The fourth-order valence-corrected chi connectivity index (χ4v) is 4.30. The van der Waals surface area contributed by atoms with Crippen LogP contribution in [-0.4, -0.2) is 76.4 Å². The number of likely N-dealkylation sites (N-methyl/N-ethyl adjacent to an activating group) is 1. The second kappa shape index (κ2) is 10.1. The number of ether oxygens (including phenoxy) is 1. The number of para-hydroxylation sites is 1. The number of aliphatic hydroxyl groups excluding tert-OH is 1. The van der Waals surface area contributed by atoms with Gasteiger partial charge in [0, 0.05) is 44.7 Å². The summed E-state index contributed by atoms with van der Waals surface area (Å²) in [5.74, 6) is 0.499. The van der Waals surface area contributed by atoms with E-state index in [9.17, 15) is 9.90 Å². The Bertz CT molecular complexity index is 1080. The van der Waals surface area contributed by atoms with Crippen LogP contribution >= 0.6 is 23.2 Å². The number of β-amino-alcohol motifs (C(OH)–C–C–N with tert-alkyl or cyclic N) is 1. The van der Waals surface area contributed by atoms with E-state index in [1.165, 1.54) is 4.90 Å². The highest BCUT2D eigenvalue weighted by Crippen LogP contribution is 2.28. The van der Waals surface area contributed by atoms with Crippen LogP contribution in [0.5, 0.6) is 5.75 Å². The van der Waals surface area contributed by atoms with Crippen molar-refractivity contribution in [2.24, 2.45) is 0 Å². The number of aromatic nitrogens is 2. The molecule has 9 heteroatoms. The molecule has 1 fully saturated rings. The molecule has 0 radical (unpaired) electrons. The first-order valence-corrected chi connectivity index (χ1v) is 11.4. The molecule has 0 aliphatic carbocycles. The van der Waals surface area contributed by atoms with Gasteiger partial charge in [-0.2, -0.15) is 5.10 Å². The molecule has 0 unspecified atom stereocenters. The van der Waals surface area contributed by atoms with Gasteiger partial charge in [-0.3, -0.25) is 9.89 Å². The van der Waals surface area contributed by atoms with E-state index in [0.29, 0.717) is 28.0 Å². The van der Waals surface area contributed by atoms with E-state index in [0.717, 1.165) is 36.8 Å². The standard InChI is InChI=1S/C23H26Cl2N4O3/c1-28(23(31)22-18-4-2-3-5-21(18)26-27-22)13-15(30)14-29-10-8-16(9-11-29)32-17-6-7-19(24)20(25)12-17/h2-7,12,15-16,30H,8-11,13-14H2,1H3,(H,26,27)/t15-/m0/s1. The van der Waals surface area contributed by atoms with Gasteiger partial charge in [-0.25, -0.2) is 0 Å². The van der Waals surface area contributed by atoms with E-state index in [-0.39, 0.29) is 18.6 Å². The molecule has 2 aromatic carbocycles. The van der Waals surface area contributed by atoms with Gasteiger partial charge >= 0.3 is 0 Å². The van der Waals surface area contributed by atoms with E-state index in [2.05, 4.69) is 15.1 Å². The number of nitrogens with zero attached hydrogens (tertiary/aromatic N) is 3. The Kier molecular flexibility index (Phi) is 7.20. The summed E-state index contributed by atoms with van der Waals surface area (Å²) >= 11 is 12.0. The summed E-state index contributed by atoms with van der Waals surface area (Å²) in [7, 11) is 1.69. The maximum absolute atomic E-state index is 12.8. The Labute approximate surface area is 196 Å². The van der Waals surface area contributed by atoms with Crippen molar-refractivity contribution in [1.82, 2.24) is 20.0 Å². The average molecular weight is 477 g/mol. The van der Waals surface area contributed by atoms with Crippen molar-refractivity contribution in [2.75, 3.05) is 33.2 Å².